The summed E-state index contributed by atoms with van der Waals surface area (Å²) in [5, 5.41) is 7.03. The Morgan fingerprint density at radius 2 is 1.97 bits per heavy atom. The Kier molecular flexibility index (Phi) is 6.77. The van der Waals surface area contributed by atoms with Crippen molar-refractivity contribution in [3.63, 3.8) is 0 Å². The Hall–Kier alpha value is -1.99. The largest absolute Gasteiger partial charge is 0.497 e. The van der Waals surface area contributed by atoms with Gasteiger partial charge in [0.15, 0.2) is 5.96 Å². The van der Waals surface area contributed by atoms with Gasteiger partial charge in [-0.3, -0.25) is 9.89 Å². The van der Waals surface area contributed by atoms with Crippen molar-refractivity contribution in [3.05, 3.63) is 24.3 Å². The number of aliphatic imine (C=N–C) groups is 1. The molecule has 1 aromatic carbocycles. The van der Waals surface area contributed by atoms with Crippen LogP contribution in [0.15, 0.2) is 29.3 Å². The van der Waals surface area contributed by atoms with Crippen molar-refractivity contribution in [3.8, 4) is 5.75 Å². The molecule has 3 aliphatic rings. The average Bonchev–Trinajstić information content (AvgIpc) is 3.39. The van der Waals surface area contributed by atoms with Gasteiger partial charge in [-0.05, 0) is 56.5 Å². The first-order valence-electron chi connectivity index (χ1n) is 11.0. The maximum atomic E-state index is 5.93. The predicted molar refractivity (Wildman–Crippen MR) is 117 cm³/mol. The van der Waals surface area contributed by atoms with Crippen molar-refractivity contribution < 1.29 is 9.47 Å². The summed E-state index contributed by atoms with van der Waals surface area (Å²) >= 11 is 0. The van der Waals surface area contributed by atoms with Crippen LogP contribution in [0.2, 0.25) is 0 Å². The zero-order chi connectivity index (χ0) is 20.1. The van der Waals surface area contributed by atoms with Gasteiger partial charge in [-0.1, -0.05) is 0 Å². The summed E-state index contributed by atoms with van der Waals surface area (Å²) in [6.45, 7) is 6.45. The number of benzene rings is 1. The standard InChI is InChI=1S/C22H35N5O2/c1-23-22(25-20-16-19-8-9-21(20)29-19)24-10-3-11-26-12-14-27(15-13-26)17-4-6-18(28-2)7-5-17/h4-7,19-21H,3,8-16H2,1-2H3,(H2,23,24,25). The Morgan fingerprint density at radius 3 is 2.59 bits per heavy atom. The fourth-order valence-electron chi connectivity index (χ4n) is 4.69. The molecule has 29 heavy (non-hydrogen) atoms. The molecule has 160 valence electrons. The number of ether oxygens (including phenoxy) is 2. The molecule has 0 spiro atoms. The second-order valence-corrected chi connectivity index (χ2v) is 8.24. The van der Waals surface area contributed by atoms with Crippen molar-refractivity contribution in [2.45, 2.75) is 43.9 Å². The fraction of sp³-hybridized carbons (Fsp3) is 0.682. The molecule has 0 aliphatic carbocycles. The van der Waals surface area contributed by atoms with Crippen LogP contribution in [0.3, 0.4) is 0 Å². The van der Waals surface area contributed by atoms with Gasteiger partial charge in [0.2, 0.25) is 0 Å². The number of nitrogens with zero attached hydrogens (tertiary/aromatic N) is 3. The van der Waals surface area contributed by atoms with Gasteiger partial charge >= 0.3 is 0 Å². The van der Waals surface area contributed by atoms with E-state index in [0.29, 0.717) is 18.2 Å². The molecule has 2 N–H and O–H groups in total. The monoisotopic (exact) mass is 401 g/mol. The van der Waals surface area contributed by atoms with E-state index >= 15 is 0 Å². The number of methoxy groups -OCH3 is 1. The number of hydrogen-bond donors (Lipinski definition) is 2. The maximum Gasteiger partial charge on any atom is 0.191 e. The number of nitrogens with one attached hydrogen (secondary N) is 2. The molecule has 7 nitrogen and oxygen atoms in total. The van der Waals surface area contributed by atoms with Gasteiger partial charge in [-0.25, -0.2) is 0 Å². The van der Waals surface area contributed by atoms with Gasteiger partial charge in [-0.15, -0.1) is 0 Å². The van der Waals surface area contributed by atoms with Crippen LogP contribution in [0, 0.1) is 0 Å². The highest BCUT2D eigenvalue weighted by atomic mass is 16.5. The Labute approximate surface area is 174 Å². The molecule has 3 saturated heterocycles. The number of guanidine groups is 1. The van der Waals surface area contributed by atoms with Crippen molar-refractivity contribution in [2.75, 3.05) is 58.3 Å². The topological polar surface area (TPSA) is 61.4 Å². The zero-order valence-electron chi connectivity index (χ0n) is 17.8. The molecule has 3 fully saturated rings. The first kappa shape index (κ1) is 20.3. The SMILES string of the molecule is CN=C(NCCCN1CCN(c2ccc(OC)cc2)CC1)NC1CC2CCC1O2. The van der Waals surface area contributed by atoms with E-state index in [1.54, 1.807) is 7.11 Å². The highest BCUT2D eigenvalue weighted by Gasteiger charge is 2.41. The average molecular weight is 402 g/mol. The molecule has 0 aromatic heterocycles. The van der Waals surface area contributed by atoms with Crippen LogP contribution in [-0.4, -0.2) is 82.5 Å². The number of rotatable bonds is 7. The molecule has 3 aliphatic heterocycles. The minimum absolute atomic E-state index is 0.376. The summed E-state index contributed by atoms with van der Waals surface area (Å²) in [6, 6.07) is 8.80. The smallest absolute Gasteiger partial charge is 0.191 e. The lowest BCUT2D eigenvalue weighted by Crippen LogP contribution is -2.49. The molecule has 7 heteroatoms. The molecule has 0 saturated carbocycles. The molecule has 3 atom stereocenters. The van der Waals surface area contributed by atoms with E-state index in [0.717, 1.165) is 63.8 Å². The summed E-state index contributed by atoms with van der Waals surface area (Å²) in [6.07, 6.45) is 5.48. The Bertz CT molecular complexity index is 672. The van der Waals surface area contributed by atoms with E-state index in [-0.39, 0.29) is 0 Å². The van der Waals surface area contributed by atoms with Crippen LogP contribution >= 0.6 is 0 Å². The molecule has 3 heterocycles. The first-order valence-corrected chi connectivity index (χ1v) is 11.0. The molecule has 0 amide bonds. The lowest BCUT2D eigenvalue weighted by atomic mass is 9.96. The van der Waals surface area contributed by atoms with Gasteiger partial charge in [0.25, 0.3) is 0 Å². The zero-order valence-corrected chi connectivity index (χ0v) is 17.8. The summed E-state index contributed by atoms with van der Waals surface area (Å²) < 4.78 is 11.2. The molecule has 4 rings (SSSR count). The molecular weight excluding hydrogens is 366 g/mol. The van der Waals surface area contributed by atoms with Crippen LogP contribution in [0.5, 0.6) is 5.75 Å². The van der Waals surface area contributed by atoms with E-state index in [1.807, 2.05) is 19.2 Å². The van der Waals surface area contributed by atoms with Crippen LogP contribution in [0.4, 0.5) is 5.69 Å². The summed E-state index contributed by atoms with van der Waals surface area (Å²) in [7, 11) is 3.56. The Balaban J connectivity index is 1.11. The maximum absolute atomic E-state index is 5.93. The fourth-order valence-corrected chi connectivity index (χ4v) is 4.69. The molecule has 3 unspecified atom stereocenters. The van der Waals surface area contributed by atoms with E-state index < -0.39 is 0 Å². The van der Waals surface area contributed by atoms with Gasteiger partial charge in [0, 0.05) is 45.5 Å². The van der Waals surface area contributed by atoms with Crippen molar-refractivity contribution in [2.24, 2.45) is 4.99 Å². The lowest BCUT2D eigenvalue weighted by molar-refractivity contribution is 0.0992. The summed E-state index contributed by atoms with van der Waals surface area (Å²) in [5.41, 5.74) is 1.28. The van der Waals surface area contributed by atoms with Gasteiger partial charge in [0.05, 0.1) is 25.4 Å². The number of fused-ring (bicyclic) bond motifs is 2. The Morgan fingerprint density at radius 1 is 1.17 bits per heavy atom. The van der Waals surface area contributed by atoms with Gasteiger partial charge in [-0.2, -0.15) is 0 Å². The first-order chi connectivity index (χ1) is 14.2. The van der Waals surface area contributed by atoms with Gasteiger partial charge in [0.1, 0.15) is 5.75 Å². The molecule has 1 aromatic rings. The quantitative estimate of drug-likeness (QED) is 0.412. The van der Waals surface area contributed by atoms with E-state index in [1.165, 1.54) is 18.5 Å². The van der Waals surface area contributed by atoms with Crippen molar-refractivity contribution in [1.82, 2.24) is 15.5 Å². The minimum atomic E-state index is 0.376. The van der Waals surface area contributed by atoms with Crippen LogP contribution in [-0.2, 0) is 4.74 Å². The predicted octanol–water partition coefficient (Wildman–Crippen LogP) is 1.69. The van der Waals surface area contributed by atoms with Crippen LogP contribution < -0.4 is 20.3 Å². The normalized spacial score (nSPS) is 27.3. The number of anilines is 1. The number of piperazine rings is 1. The number of hydrogen-bond acceptors (Lipinski definition) is 5. The third-order valence-electron chi connectivity index (χ3n) is 6.41. The van der Waals surface area contributed by atoms with E-state index in [9.17, 15) is 0 Å². The molecule has 0 radical (unpaired) electrons. The molecular formula is C22H35N5O2. The second-order valence-electron chi connectivity index (χ2n) is 8.24. The van der Waals surface area contributed by atoms with Crippen molar-refractivity contribution >= 4 is 11.6 Å². The summed E-state index contributed by atoms with van der Waals surface area (Å²) in [5.74, 6) is 1.83. The third-order valence-corrected chi connectivity index (χ3v) is 6.41. The van der Waals surface area contributed by atoms with Crippen LogP contribution in [0.25, 0.3) is 0 Å². The second kappa shape index (κ2) is 9.67. The van der Waals surface area contributed by atoms with E-state index in [2.05, 4.69) is 37.6 Å². The lowest BCUT2D eigenvalue weighted by Gasteiger charge is -2.36. The summed E-state index contributed by atoms with van der Waals surface area (Å²) in [4.78, 5) is 9.40. The van der Waals surface area contributed by atoms with Crippen molar-refractivity contribution in [1.29, 1.82) is 0 Å². The van der Waals surface area contributed by atoms with E-state index in [4.69, 9.17) is 9.47 Å². The van der Waals surface area contributed by atoms with Gasteiger partial charge < -0.3 is 25.0 Å². The molecule has 2 bridgehead atoms. The third kappa shape index (κ3) is 5.14. The highest BCUT2D eigenvalue weighted by molar-refractivity contribution is 5.80. The highest BCUT2D eigenvalue weighted by Crippen LogP contribution is 2.34. The minimum Gasteiger partial charge on any atom is -0.497 e. The van der Waals surface area contributed by atoms with Crippen LogP contribution in [0.1, 0.15) is 25.7 Å².